The summed E-state index contributed by atoms with van der Waals surface area (Å²) >= 11 is 0. The lowest BCUT2D eigenvalue weighted by Gasteiger charge is -2.22. The zero-order valence-corrected chi connectivity index (χ0v) is 13.8. The Bertz CT molecular complexity index is 786. The van der Waals surface area contributed by atoms with Gasteiger partial charge in [0.2, 0.25) is 0 Å². The monoisotopic (exact) mass is 330 g/mol. The Hall–Kier alpha value is -2.34. The zero-order valence-electron chi connectivity index (χ0n) is 13.8. The highest BCUT2D eigenvalue weighted by Gasteiger charge is 2.16. The van der Waals surface area contributed by atoms with Crippen LogP contribution in [0.15, 0.2) is 46.2 Å². The fraction of sp³-hybridized carbons (Fsp3) is 0.444. The Morgan fingerprint density at radius 3 is 2.62 bits per heavy atom. The van der Waals surface area contributed by atoms with Gasteiger partial charge in [-0.15, -0.1) is 0 Å². The van der Waals surface area contributed by atoms with Crippen LogP contribution < -0.4 is 15.9 Å². The van der Waals surface area contributed by atoms with Crippen molar-refractivity contribution in [2.75, 3.05) is 19.8 Å². The lowest BCUT2D eigenvalue weighted by Crippen LogP contribution is -2.41. The van der Waals surface area contributed by atoms with Gasteiger partial charge in [0, 0.05) is 37.2 Å². The lowest BCUT2D eigenvalue weighted by atomic mass is 10.0. The first-order chi connectivity index (χ1) is 11.7. The van der Waals surface area contributed by atoms with E-state index in [0.29, 0.717) is 25.4 Å². The summed E-state index contributed by atoms with van der Waals surface area (Å²) in [5, 5.41) is 0. The van der Waals surface area contributed by atoms with Crippen molar-refractivity contribution >= 4 is 0 Å². The first-order valence-electron chi connectivity index (χ1n) is 8.32. The fourth-order valence-corrected chi connectivity index (χ4v) is 2.95. The fourth-order valence-electron chi connectivity index (χ4n) is 2.95. The van der Waals surface area contributed by atoms with Crippen molar-refractivity contribution in [2.45, 2.75) is 26.3 Å². The van der Waals surface area contributed by atoms with Crippen LogP contribution in [-0.2, 0) is 11.3 Å². The van der Waals surface area contributed by atoms with Crippen molar-refractivity contribution in [1.29, 1.82) is 0 Å². The molecule has 2 aromatic rings. The van der Waals surface area contributed by atoms with Gasteiger partial charge in [0.15, 0.2) is 0 Å². The smallest absolute Gasteiger partial charge is 0.320 e. The Morgan fingerprint density at radius 1 is 1.17 bits per heavy atom. The molecule has 1 aliphatic heterocycles. The predicted molar refractivity (Wildman–Crippen MR) is 91.0 cm³/mol. The molecule has 1 aliphatic rings. The number of nitrogens with zero attached hydrogens (tertiary/aromatic N) is 2. The Morgan fingerprint density at radius 2 is 1.96 bits per heavy atom. The molecule has 1 fully saturated rings. The summed E-state index contributed by atoms with van der Waals surface area (Å²) < 4.78 is 13.7. The van der Waals surface area contributed by atoms with Crippen LogP contribution in [0.1, 0.15) is 19.8 Å². The first kappa shape index (κ1) is 16.5. The minimum absolute atomic E-state index is 0.289. The molecule has 0 bridgehead atoms. The van der Waals surface area contributed by atoms with Crippen LogP contribution in [0.3, 0.4) is 0 Å². The van der Waals surface area contributed by atoms with E-state index in [4.69, 9.17) is 9.47 Å². The number of benzene rings is 1. The average molecular weight is 330 g/mol. The van der Waals surface area contributed by atoms with Crippen molar-refractivity contribution in [3.63, 3.8) is 0 Å². The van der Waals surface area contributed by atoms with Gasteiger partial charge in [0.25, 0.3) is 0 Å². The second-order valence-electron chi connectivity index (χ2n) is 5.94. The number of hydrogen-bond donors (Lipinski definition) is 0. The maximum absolute atomic E-state index is 12.4. The molecule has 3 rings (SSSR count). The van der Waals surface area contributed by atoms with Crippen LogP contribution in [0, 0.1) is 5.92 Å². The van der Waals surface area contributed by atoms with E-state index < -0.39 is 11.1 Å². The number of hydrogen-bond acceptors (Lipinski definition) is 4. The summed E-state index contributed by atoms with van der Waals surface area (Å²) in [5.74, 6) is 1.03. The summed E-state index contributed by atoms with van der Waals surface area (Å²) in [4.78, 5) is 24.8. The normalized spacial score (nSPS) is 17.6. The van der Waals surface area contributed by atoms with Crippen LogP contribution >= 0.6 is 0 Å². The molecule has 0 N–H and O–H groups in total. The molecule has 2 heterocycles. The molecule has 6 nitrogen and oxygen atoms in total. The van der Waals surface area contributed by atoms with E-state index in [0.717, 1.165) is 25.2 Å². The highest BCUT2D eigenvalue weighted by molar-refractivity contribution is 5.37. The molecular formula is C18H22N2O4. The minimum atomic E-state index is -0.543. The van der Waals surface area contributed by atoms with E-state index in [1.165, 1.54) is 9.13 Å². The molecule has 0 saturated carbocycles. The molecule has 1 unspecified atom stereocenters. The third-order valence-electron chi connectivity index (χ3n) is 4.19. The van der Waals surface area contributed by atoms with Crippen molar-refractivity contribution in [1.82, 2.24) is 9.13 Å². The van der Waals surface area contributed by atoms with E-state index in [2.05, 4.69) is 0 Å². The van der Waals surface area contributed by atoms with Gasteiger partial charge >= 0.3 is 11.1 Å². The molecule has 0 radical (unpaired) electrons. The van der Waals surface area contributed by atoms with Gasteiger partial charge in [0.05, 0.1) is 13.2 Å². The van der Waals surface area contributed by atoms with Crippen LogP contribution in [0.2, 0.25) is 0 Å². The number of ether oxygens (including phenoxy) is 2. The van der Waals surface area contributed by atoms with Gasteiger partial charge in [-0.1, -0.05) is 0 Å². The van der Waals surface area contributed by atoms with E-state index >= 15 is 0 Å². The second kappa shape index (κ2) is 7.49. The highest BCUT2D eigenvalue weighted by atomic mass is 16.5. The maximum atomic E-state index is 12.4. The molecule has 1 atom stereocenters. The summed E-state index contributed by atoms with van der Waals surface area (Å²) in [7, 11) is 0. The average Bonchev–Trinajstić information content (AvgIpc) is 2.61. The Labute approximate surface area is 140 Å². The minimum Gasteiger partial charge on any atom is -0.494 e. The summed E-state index contributed by atoms with van der Waals surface area (Å²) in [6, 6.07) is 7.11. The van der Waals surface area contributed by atoms with Crippen LogP contribution in [-0.4, -0.2) is 29.0 Å². The van der Waals surface area contributed by atoms with E-state index in [9.17, 15) is 9.59 Å². The molecule has 1 aromatic carbocycles. The first-order valence-corrected chi connectivity index (χ1v) is 8.32. The van der Waals surface area contributed by atoms with E-state index in [1.54, 1.807) is 36.7 Å². The highest BCUT2D eigenvalue weighted by Crippen LogP contribution is 2.15. The summed E-state index contributed by atoms with van der Waals surface area (Å²) in [6.07, 6.45) is 5.34. The third kappa shape index (κ3) is 3.59. The number of rotatable bonds is 5. The third-order valence-corrected chi connectivity index (χ3v) is 4.19. The van der Waals surface area contributed by atoms with Gasteiger partial charge in [0.1, 0.15) is 5.75 Å². The molecule has 128 valence electrons. The quantitative estimate of drug-likeness (QED) is 0.785. The standard InChI is InChI=1S/C18H22N2O4/c1-2-24-16-7-5-15(6-8-16)20-10-9-19(17(21)18(20)22)12-14-4-3-11-23-13-14/h5-10,14H,2-4,11-13H2,1H3. The Balaban J connectivity index is 1.84. The molecule has 0 amide bonds. The summed E-state index contributed by atoms with van der Waals surface area (Å²) in [6.45, 7) is 4.45. The largest absolute Gasteiger partial charge is 0.494 e. The van der Waals surface area contributed by atoms with Gasteiger partial charge in [-0.25, -0.2) is 0 Å². The molecule has 24 heavy (non-hydrogen) atoms. The molecule has 1 aromatic heterocycles. The van der Waals surface area contributed by atoms with Gasteiger partial charge in [-0.05, 0) is 44.0 Å². The molecule has 0 aliphatic carbocycles. The zero-order chi connectivity index (χ0) is 16.9. The molecule has 0 spiro atoms. The van der Waals surface area contributed by atoms with E-state index in [1.807, 2.05) is 6.92 Å². The summed E-state index contributed by atoms with van der Waals surface area (Å²) in [5.41, 5.74) is -0.399. The van der Waals surface area contributed by atoms with Crippen LogP contribution in [0.5, 0.6) is 5.75 Å². The van der Waals surface area contributed by atoms with Crippen LogP contribution in [0.25, 0.3) is 5.69 Å². The topological polar surface area (TPSA) is 62.5 Å². The molecule has 1 saturated heterocycles. The molecular weight excluding hydrogens is 308 g/mol. The van der Waals surface area contributed by atoms with Gasteiger partial charge in [-0.2, -0.15) is 0 Å². The lowest BCUT2D eigenvalue weighted by molar-refractivity contribution is 0.0479. The van der Waals surface area contributed by atoms with Crippen molar-refractivity contribution in [3.8, 4) is 11.4 Å². The molecule has 6 heteroatoms. The maximum Gasteiger partial charge on any atom is 0.320 e. The van der Waals surface area contributed by atoms with Crippen molar-refractivity contribution in [2.24, 2.45) is 5.92 Å². The van der Waals surface area contributed by atoms with Gasteiger partial charge < -0.3 is 14.0 Å². The second-order valence-corrected chi connectivity index (χ2v) is 5.94. The Kier molecular flexibility index (Phi) is 5.15. The van der Waals surface area contributed by atoms with Crippen molar-refractivity contribution < 1.29 is 9.47 Å². The predicted octanol–water partition coefficient (Wildman–Crippen LogP) is 1.82. The van der Waals surface area contributed by atoms with Gasteiger partial charge in [-0.3, -0.25) is 14.2 Å². The van der Waals surface area contributed by atoms with Crippen molar-refractivity contribution in [3.05, 3.63) is 57.4 Å². The van der Waals surface area contributed by atoms with Crippen LogP contribution in [0.4, 0.5) is 0 Å². The van der Waals surface area contributed by atoms with E-state index in [-0.39, 0.29) is 5.92 Å². The SMILES string of the molecule is CCOc1ccc(-n2ccn(CC3CCCOC3)c(=O)c2=O)cc1. The number of aromatic nitrogens is 2.